The van der Waals surface area contributed by atoms with Crippen molar-refractivity contribution in [2.75, 3.05) is 45.9 Å². The number of carbonyl (C=O) groups is 1. The first kappa shape index (κ1) is 17.6. The van der Waals surface area contributed by atoms with Crippen LogP contribution in [-0.4, -0.2) is 66.8 Å². The summed E-state index contributed by atoms with van der Waals surface area (Å²) in [6.45, 7) is 2.72. The minimum absolute atomic E-state index is 0.0205. The van der Waals surface area contributed by atoms with E-state index in [1.54, 1.807) is 4.90 Å². The van der Waals surface area contributed by atoms with Crippen LogP contribution in [0.2, 0.25) is 0 Å². The first-order valence-electron chi connectivity index (χ1n) is 7.31. The third kappa shape index (κ3) is 5.11. The number of aliphatic hydroxyl groups is 1. The Morgan fingerprint density at radius 3 is 2.52 bits per heavy atom. The van der Waals surface area contributed by atoms with Gasteiger partial charge >= 0.3 is 6.18 Å². The molecule has 8 heteroatoms. The number of piperazine rings is 1. The average molecular weight is 332 g/mol. The van der Waals surface area contributed by atoms with E-state index in [-0.39, 0.29) is 24.9 Å². The molecule has 0 bridgehead atoms. The maximum atomic E-state index is 12.6. The predicted molar refractivity (Wildman–Crippen MR) is 77.0 cm³/mol. The molecule has 0 unspecified atom stereocenters. The lowest BCUT2D eigenvalue weighted by molar-refractivity contribution is -0.137. The number of nitrogens with zero attached hydrogens (tertiary/aromatic N) is 2. The molecule has 0 aromatic heterocycles. The average Bonchev–Trinajstić information content (AvgIpc) is 2.53. The summed E-state index contributed by atoms with van der Waals surface area (Å²) in [5.74, 6) is -0.238. The molecular formula is C15H19F3N2O3. The number of benzene rings is 1. The summed E-state index contributed by atoms with van der Waals surface area (Å²) in [7, 11) is 0. The third-order valence-corrected chi connectivity index (χ3v) is 3.66. The molecule has 0 atom stereocenters. The summed E-state index contributed by atoms with van der Waals surface area (Å²) in [5.41, 5.74) is -0.805. The van der Waals surface area contributed by atoms with Gasteiger partial charge in [-0.05, 0) is 18.2 Å². The Morgan fingerprint density at radius 1 is 1.22 bits per heavy atom. The van der Waals surface area contributed by atoms with Crippen LogP contribution in [0.1, 0.15) is 5.56 Å². The first-order valence-corrected chi connectivity index (χ1v) is 7.31. The van der Waals surface area contributed by atoms with E-state index in [4.69, 9.17) is 9.84 Å². The van der Waals surface area contributed by atoms with E-state index < -0.39 is 11.7 Å². The van der Waals surface area contributed by atoms with Crippen LogP contribution in [0.5, 0.6) is 5.75 Å². The molecule has 2 rings (SSSR count). The molecule has 1 amide bonds. The molecule has 1 fully saturated rings. The summed E-state index contributed by atoms with van der Waals surface area (Å²) in [5, 5.41) is 8.86. The van der Waals surface area contributed by atoms with Gasteiger partial charge in [-0.2, -0.15) is 13.2 Å². The van der Waals surface area contributed by atoms with Crippen LogP contribution >= 0.6 is 0 Å². The Balaban J connectivity index is 1.83. The number of amides is 1. The standard InChI is InChI=1S/C15H19F3N2O3/c16-15(17,18)12-2-1-3-13(10-12)23-11-14(22)20-6-4-19(5-7-20)8-9-21/h1-3,10,21H,4-9,11H2. The summed E-state index contributed by atoms with van der Waals surface area (Å²) in [6, 6.07) is 4.47. The van der Waals surface area contributed by atoms with E-state index in [1.165, 1.54) is 12.1 Å². The Kier molecular flexibility index (Phi) is 5.84. The van der Waals surface area contributed by atoms with Gasteiger partial charge in [-0.15, -0.1) is 0 Å². The van der Waals surface area contributed by atoms with Gasteiger partial charge in [-0.1, -0.05) is 6.07 Å². The minimum Gasteiger partial charge on any atom is -0.484 e. The molecule has 5 nitrogen and oxygen atoms in total. The molecule has 0 radical (unpaired) electrons. The maximum Gasteiger partial charge on any atom is 0.416 e. The molecule has 1 aliphatic rings. The van der Waals surface area contributed by atoms with Gasteiger partial charge < -0.3 is 14.7 Å². The fourth-order valence-electron chi connectivity index (χ4n) is 2.36. The predicted octanol–water partition coefficient (Wildman–Crippen LogP) is 1.22. The maximum absolute atomic E-state index is 12.6. The highest BCUT2D eigenvalue weighted by molar-refractivity contribution is 5.77. The van der Waals surface area contributed by atoms with Crippen LogP contribution in [0.3, 0.4) is 0 Å². The number of aliphatic hydroxyl groups excluding tert-OH is 1. The SMILES string of the molecule is O=C(COc1cccc(C(F)(F)F)c1)N1CCN(CCO)CC1. The monoisotopic (exact) mass is 332 g/mol. The van der Waals surface area contributed by atoms with Crippen molar-refractivity contribution in [1.82, 2.24) is 9.80 Å². The minimum atomic E-state index is -4.44. The Morgan fingerprint density at radius 2 is 1.91 bits per heavy atom. The van der Waals surface area contributed by atoms with Crippen molar-refractivity contribution in [3.63, 3.8) is 0 Å². The highest BCUT2D eigenvalue weighted by Crippen LogP contribution is 2.31. The zero-order valence-electron chi connectivity index (χ0n) is 12.6. The molecule has 1 heterocycles. The Hall–Kier alpha value is -1.80. The molecule has 23 heavy (non-hydrogen) atoms. The van der Waals surface area contributed by atoms with Gasteiger partial charge in [0.2, 0.25) is 0 Å². The summed E-state index contributed by atoms with van der Waals surface area (Å²) < 4.78 is 43.0. The fourth-order valence-corrected chi connectivity index (χ4v) is 2.36. The van der Waals surface area contributed by atoms with Crippen molar-refractivity contribution in [1.29, 1.82) is 0 Å². The molecule has 1 saturated heterocycles. The van der Waals surface area contributed by atoms with Crippen molar-refractivity contribution in [2.24, 2.45) is 0 Å². The number of alkyl halides is 3. The summed E-state index contributed by atoms with van der Waals surface area (Å²) in [4.78, 5) is 15.7. The third-order valence-electron chi connectivity index (χ3n) is 3.66. The lowest BCUT2D eigenvalue weighted by atomic mass is 10.2. The number of β-amino-alcohol motifs (C(OH)–C–C–N with tert-alkyl or cyclic N) is 1. The van der Waals surface area contributed by atoms with Crippen LogP contribution in [-0.2, 0) is 11.0 Å². The van der Waals surface area contributed by atoms with Crippen molar-refractivity contribution in [2.45, 2.75) is 6.18 Å². The normalized spacial score (nSPS) is 16.4. The van der Waals surface area contributed by atoms with Crippen LogP contribution < -0.4 is 4.74 Å². The van der Waals surface area contributed by atoms with Crippen LogP contribution in [0, 0.1) is 0 Å². The van der Waals surface area contributed by atoms with Crippen molar-refractivity contribution >= 4 is 5.91 Å². The van der Waals surface area contributed by atoms with E-state index in [9.17, 15) is 18.0 Å². The van der Waals surface area contributed by atoms with E-state index in [0.717, 1.165) is 12.1 Å². The molecule has 0 spiro atoms. The number of rotatable bonds is 5. The zero-order chi connectivity index (χ0) is 16.9. The fraction of sp³-hybridized carbons (Fsp3) is 0.533. The number of ether oxygens (including phenoxy) is 1. The highest BCUT2D eigenvalue weighted by Gasteiger charge is 2.30. The van der Waals surface area contributed by atoms with Gasteiger partial charge in [0.25, 0.3) is 5.91 Å². The second-order valence-electron chi connectivity index (χ2n) is 5.26. The lowest BCUT2D eigenvalue weighted by Crippen LogP contribution is -2.50. The van der Waals surface area contributed by atoms with E-state index >= 15 is 0 Å². The van der Waals surface area contributed by atoms with E-state index in [2.05, 4.69) is 0 Å². The Bertz CT molecular complexity index is 529. The van der Waals surface area contributed by atoms with Crippen molar-refractivity contribution in [3.8, 4) is 5.75 Å². The quantitative estimate of drug-likeness (QED) is 0.881. The molecule has 0 saturated carbocycles. The molecule has 1 aromatic rings. The molecule has 0 aliphatic carbocycles. The van der Waals surface area contributed by atoms with Gasteiger partial charge in [-0.25, -0.2) is 0 Å². The number of halogens is 3. The van der Waals surface area contributed by atoms with Crippen LogP contribution in [0.4, 0.5) is 13.2 Å². The van der Waals surface area contributed by atoms with Gasteiger partial charge in [0, 0.05) is 32.7 Å². The number of hydrogen-bond acceptors (Lipinski definition) is 4. The molecular weight excluding hydrogens is 313 g/mol. The number of carbonyl (C=O) groups excluding carboxylic acids is 1. The van der Waals surface area contributed by atoms with Gasteiger partial charge in [0.05, 0.1) is 12.2 Å². The van der Waals surface area contributed by atoms with E-state index in [0.29, 0.717) is 32.7 Å². The van der Waals surface area contributed by atoms with Crippen LogP contribution in [0.15, 0.2) is 24.3 Å². The zero-order valence-corrected chi connectivity index (χ0v) is 12.6. The topological polar surface area (TPSA) is 53.0 Å². The van der Waals surface area contributed by atoms with E-state index in [1.807, 2.05) is 4.90 Å². The molecule has 1 aliphatic heterocycles. The molecule has 128 valence electrons. The number of hydrogen-bond donors (Lipinski definition) is 1. The first-order chi connectivity index (χ1) is 10.9. The van der Waals surface area contributed by atoms with Gasteiger partial charge in [0.1, 0.15) is 5.75 Å². The lowest BCUT2D eigenvalue weighted by Gasteiger charge is -2.34. The van der Waals surface area contributed by atoms with Crippen LogP contribution in [0.25, 0.3) is 0 Å². The second kappa shape index (κ2) is 7.65. The molecule has 1 aromatic carbocycles. The smallest absolute Gasteiger partial charge is 0.416 e. The summed E-state index contributed by atoms with van der Waals surface area (Å²) in [6.07, 6.45) is -4.44. The summed E-state index contributed by atoms with van der Waals surface area (Å²) >= 11 is 0. The van der Waals surface area contributed by atoms with Gasteiger partial charge in [0.15, 0.2) is 6.61 Å². The Labute approximate surface area is 132 Å². The molecule has 1 N–H and O–H groups in total. The van der Waals surface area contributed by atoms with Crippen molar-refractivity contribution < 1.29 is 27.8 Å². The highest BCUT2D eigenvalue weighted by atomic mass is 19.4. The van der Waals surface area contributed by atoms with Gasteiger partial charge in [-0.3, -0.25) is 9.69 Å². The van der Waals surface area contributed by atoms with Crippen molar-refractivity contribution in [3.05, 3.63) is 29.8 Å². The second-order valence-corrected chi connectivity index (χ2v) is 5.26. The largest absolute Gasteiger partial charge is 0.484 e.